The average Bonchev–Trinajstić information content (AvgIpc) is 2.91. The monoisotopic (exact) mass is 312 g/mol. The van der Waals surface area contributed by atoms with Crippen molar-refractivity contribution in [3.63, 3.8) is 0 Å². The molecule has 0 aliphatic carbocycles. The van der Waals surface area contributed by atoms with Crippen molar-refractivity contribution in [3.8, 4) is 5.75 Å². The molecule has 0 amide bonds. The molecule has 1 aliphatic heterocycles. The van der Waals surface area contributed by atoms with Gasteiger partial charge in [-0.25, -0.2) is 8.42 Å². The van der Waals surface area contributed by atoms with Crippen molar-refractivity contribution in [1.29, 1.82) is 0 Å². The zero-order chi connectivity index (χ0) is 15.5. The van der Waals surface area contributed by atoms with Crippen molar-refractivity contribution in [3.05, 3.63) is 23.8 Å². The van der Waals surface area contributed by atoms with E-state index in [0.29, 0.717) is 23.8 Å². The van der Waals surface area contributed by atoms with E-state index in [1.165, 1.54) is 0 Å². The molecule has 0 bridgehead atoms. The van der Waals surface area contributed by atoms with E-state index in [2.05, 4.69) is 0 Å². The second-order valence-corrected chi connectivity index (χ2v) is 7.32. The Labute approximate surface area is 127 Å². The van der Waals surface area contributed by atoms with E-state index in [0.717, 1.165) is 24.8 Å². The fourth-order valence-electron chi connectivity index (χ4n) is 2.63. The highest BCUT2D eigenvalue weighted by Crippen LogP contribution is 2.29. The van der Waals surface area contributed by atoms with E-state index < -0.39 is 10.0 Å². The largest absolute Gasteiger partial charge is 0.493 e. The van der Waals surface area contributed by atoms with Crippen molar-refractivity contribution in [2.45, 2.75) is 50.6 Å². The summed E-state index contributed by atoms with van der Waals surface area (Å²) in [5, 5.41) is 0. The summed E-state index contributed by atoms with van der Waals surface area (Å²) in [6, 6.07) is 5.04. The Morgan fingerprint density at radius 1 is 1.43 bits per heavy atom. The van der Waals surface area contributed by atoms with Crippen molar-refractivity contribution >= 4 is 10.0 Å². The van der Waals surface area contributed by atoms with Gasteiger partial charge < -0.3 is 10.5 Å². The van der Waals surface area contributed by atoms with Crippen LogP contribution in [-0.4, -0.2) is 31.9 Å². The Kier molecular flexibility index (Phi) is 5.24. The molecule has 118 valence electrons. The number of nitrogens with zero attached hydrogens (tertiary/aromatic N) is 1. The van der Waals surface area contributed by atoms with Gasteiger partial charge in [-0.3, -0.25) is 0 Å². The fourth-order valence-corrected chi connectivity index (χ4v) is 4.38. The molecule has 0 aromatic heterocycles. The van der Waals surface area contributed by atoms with Crippen LogP contribution in [0.4, 0.5) is 0 Å². The maximum atomic E-state index is 12.7. The molecule has 5 nitrogen and oxygen atoms in total. The molecule has 1 atom stereocenters. The van der Waals surface area contributed by atoms with Crippen LogP contribution < -0.4 is 10.5 Å². The smallest absolute Gasteiger partial charge is 0.243 e. The number of sulfonamides is 1. The van der Waals surface area contributed by atoms with Crippen LogP contribution in [-0.2, 0) is 16.6 Å². The van der Waals surface area contributed by atoms with Gasteiger partial charge >= 0.3 is 0 Å². The summed E-state index contributed by atoms with van der Waals surface area (Å²) in [5.41, 5.74) is 6.46. The third-order valence-corrected chi connectivity index (χ3v) is 5.82. The van der Waals surface area contributed by atoms with Gasteiger partial charge in [0.1, 0.15) is 5.75 Å². The number of nitrogens with two attached hydrogens (primary N) is 1. The molecule has 0 radical (unpaired) electrons. The second kappa shape index (κ2) is 6.77. The number of benzene rings is 1. The Hall–Kier alpha value is -1.11. The van der Waals surface area contributed by atoms with Gasteiger partial charge in [0.2, 0.25) is 10.0 Å². The first-order valence-electron chi connectivity index (χ1n) is 7.48. The second-order valence-electron chi connectivity index (χ2n) is 5.43. The maximum Gasteiger partial charge on any atom is 0.243 e. The Morgan fingerprint density at radius 3 is 2.76 bits per heavy atom. The predicted molar refractivity (Wildman–Crippen MR) is 82.7 cm³/mol. The Bertz CT molecular complexity index is 587. The molecule has 1 fully saturated rings. The minimum absolute atomic E-state index is 0.0624. The van der Waals surface area contributed by atoms with Gasteiger partial charge in [-0.05, 0) is 44.4 Å². The van der Waals surface area contributed by atoms with E-state index in [9.17, 15) is 8.42 Å². The van der Waals surface area contributed by atoms with Gasteiger partial charge in [0, 0.05) is 24.7 Å². The lowest BCUT2D eigenvalue weighted by atomic mass is 10.2. The molecule has 1 heterocycles. The van der Waals surface area contributed by atoms with E-state index >= 15 is 0 Å². The van der Waals surface area contributed by atoms with Gasteiger partial charge in [-0.2, -0.15) is 4.31 Å². The highest BCUT2D eigenvalue weighted by atomic mass is 32.2. The molecule has 6 heteroatoms. The summed E-state index contributed by atoms with van der Waals surface area (Å²) < 4.78 is 32.5. The van der Waals surface area contributed by atoms with Crippen LogP contribution in [0.3, 0.4) is 0 Å². The average molecular weight is 312 g/mol. The van der Waals surface area contributed by atoms with E-state index in [-0.39, 0.29) is 12.6 Å². The van der Waals surface area contributed by atoms with Gasteiger partial charge in [0.05, 0.1) is 11.5 Å². The van der Waals surface area contributed by atoms with Crippen molar-refractivity contribution < 1.29 is 13.2 Å². The zero-order valence-corrected chi connectivity index (χ0v) is 13.5. The molecule has 21 heavy (non-hydrogen) atoms. The van der Waals surface area contributed by atoms with Gasteiger partial charge in [0.25, 0.3) is 0 Å². The maximum absolute atomic E-state index is 12.7. The molecule has 1 aliphatic rings. The first kappa shape index (κ1) is 16.3. The zero-order valence-electron chi connectivity index (χ0n) is 12.7. The molecule has 1 aromatic carbocycles. The lowest BCUT2D eigenvalue weighted by Gasteiger charge is -2.21. The number of hydrogen-bond donors (Lipinski definition) is 1. The molecule has 0 saturated carbocycles. The lowest BCUT2D eigenvalue weighted by molar-refractivity contribution is 0.314. The van der Waals surface area contributed by atoms with Crippen molar-refractivity contribution in [2.24, 2.45) is 5.73 Å². The minimum atomic E-state index is -3.44. The van der Waals surface area contributed by atoms with Crippen LogP contribution in [0.15, 0.2) is 23.1 Å². The minimum Gasteiger partial charge on any atom is -0.493 e. The Balaban J connectivity index is 2.31. The lowest BCUT2D eigenvalue weighted by Crippen LogP contribution is -2.33. The molecule has 2 rings (SSSR count). The van der Waals surface area contributed by atoms with Crippen LogP contribution >= 0.6 is 0 Å². The van der Waals surface area contributed by atoms with Crippen LogP contribution in [0.25, 0.3) is 0 Å². The number of ether oxygens (including phenoxy) is 1. The fraction of sp³-hybridized carbons (Fsp3) is 0.600. The van der Waals surface area contributed by atoms with E-state index in [4.69, 9.17) is 10.5 Å². The van der Waals surface area contributed by atoms with Crippen LogP contribution in [0.2, 0.25) is 0 Å². The van der Waals surface area contributed by atoms with Crippen molar-refractivity contribution in [2.75, 3.05) is 13.2 Å². The van der Waals surface area contributed by atoms with Gasteiger partial charge in [-0.1, -0.05) is 6.92 Å². The topological polar surface area (TPSA) is 72.6 Å². The van der Waals surface area contributed by atoms with E-state index in [1.807, 2.05) is 13.8 Å². The highest BCUT2D eigenvalue weighted by molar-refractivity contribution is 7.89. The summed E-state index contributed by atoms with van der Waals surface area (Å²) in [4.78, 5) is 0.306. The van der Waals surface area contributed by atoms with Gasteiger partial charge in [-0.15, -0.1) is 0 Å². The molecular formula is C15H24N2O3S. The summed E-state index contributed by atoms with van der Waals surface area (Å²) in [6.07, 6.45) is 2.73. The first-order chi connectivity index (χ1) is 10.0. The normalized spacial score (nSPS) is 19.9. The van der Waals surface area contributed by atoms with E-state index in [1.54, 1.807) is 22.5 Å². The van der Waals surface area contributed by atoms with Crippen LogP contribution in [0.5, 0.6) is 5.75 Å². The quantitative estimate of drug-likeness (QED) is 0.873. The predicted octanol–water partition coefficient (Wildman–Crippen LogP) is 2.11. The Morgan fingerprint density at radius 2 is 2.19 bits per heavy atom. The SMILES string of the molecule is CCCOc1ccc(S(=O)(=O)N2CCCC2C)cc1CN. The molecule has 1 aromatic rings. The summed E-state index contributed by atoms with van der Waals surface area (Å²) in [7, 11) is -3.44. The van der Waals surface area contributed by atoms with Gasteiger partial charge in [0.15, 0.2) is 0 Å². The third-order valence-electron chi connectivity index (χ3n) is 3.81. The van der Waals surface area contributed by atoms with Crippen molar-refractivity contribution in [1.82, 2.24) is 4.31 Å². The molecule has 1 unspecified atom stereocenters. The summed E-state index contributed by atoms with van der Waals surface area (Å²) in [5.74, 6) is 0.674. The molecular weight excluding hydrogens is 288 g/mol. The molecule has 1 saturated heterocycles. The third kappa shape index (κ3) is 3.39. The number of hydrogen-bond acceptors (Lipinski definition) is 4. The van der Waals surface area contributed by atoms with Crippen LogP contribution in [0, 0.1) is 0 Å². The summed E-state index contributed by atoms with van der Waals surface area (Å²) in [6.45, 7) is 5.43. The first-order valence-corrected chi connectivity index (χ1v) is 8.92. The molecule has 0 spiro atoms. The number of rotatable bonds is 6. The summed E-state index contributed by atoms with van der Waals surface area (Å²) >= 11 is 0. The highest BCUT2D eigenvalue weighted by Gasteiger charge is 2.32. The van der Waals surface area contributed by atoms with Crippen LogP contribution in [0.1, 0.15) is 38.7 Å². The standard InChI is InChI=1S/C15H24N2O3S/c1-3-9-20-15-7-6-14(10-13(15)11-16)21(18,19)17-8-4-5-12(17)2/h6-7,10,12H,3-5,8-9,11,16H2,1-2H3. The molecule has 2 N–H and O–H groups in total.